The van der Waals surface area contributed by atoms with E-state index >= 15 is 0 Å². The molecule has 1 saturated heterocycles. The third-order valence-corrected chi connectivity index (χ3v) is 4.76. The average molecular weight is 380 g/mol. The van der Waals surface area contributed by atoms with Crippen molar-refractivity contribution in [2.45, 2.75) is 20.0 Å². The van der Waals surface area contributed by atoms with E-state index in [-0.39, 0.29) is 0 Å². The van der Waals surface area contributed by atoms with Crippen LogP contribution in [0.1, 0.15) is 17.0 Å². The molecule has 0 spiro atoms. The number of benzene rings is 1. The minimum absolute atomic E-state index is 0.850. The predicted octanol–water partition coefficient (Wildman–Crippen LogP) is 3.07. The quantitative estimate of drug-likeness (QED) is 0.798. The Labute approximate surface area is 145 Å². The first-order valence-corrected chi connectivity index (χ1v) is 8.62. The van der Waals surface area contributed by atoms with E-state index in [2.05, 4.69) is 43.0 Å². The van der Waals surface area contributed by atoms with Crippen LogP contribution < -0.4 is 4.74 Å². The Morgan fingerprint density at radius 2 is 1.83 bits per heavy atom. The fourth-order valence-corrected chi connectivity index (χ4v) is 3.47. The summed E-state index contributed by atoms with van der Waals surface area (Å²) in [5, 5.41) is 3.95. The number of halogens is 1. The zero-order valence-electron chi connectivity index (χ0n) is 13.6. The predicted molar refractivity (Wildman–Crippen MR) is 92.5 cm³/mol. The highest BCUT2D eigenvalue weighted by molar-refractivity contribution is 9.10. The van der Waals surface area contributed by atoms with E-state index in [0.717, 1.165) is 60.9 Å². The first-order chi connectivity index (χ1) is 11.1. The zero-order valence-corrected chi connectivity index (χ0v) is 15.2. The van der Waals surface area contributed by atoms with Crippen LogP contribution in [0.15, 0.2) is 33.3 Å². The van der Waals surface area contributed by atoms with Crippen LogP contribution in [0.4, 0.5) is 0 Å². The molecule has 0 saturated carbocycles. The summed E-state index contributed by atoms with van der Waals surface area (Å²) >= 11 is 3.55. The van der Waals surface area contributed by atoms with Crippen molar-refractivity contribution in [1.29, 1.82) is 0 Å². The summed E-state index contributed by atoms with van der Waals surface area (Å²) in [4.78, 5) is 4.90. The lowest BCUT2D eigenvalue weighted by Gasteiger charge is -2.34. The van der Waals surface area contributed by atoms with Crippen molar-refractivity contribution in [1.82, 2.24) is 15.0 Å². The molecule has 2 aromatic rings. The molecule has 23 heavy (non-hydrogen) atoms. The molecule has 1 aromatic heterocycles. The number of aromatic nitrogens is 1. The summed E-state index contributed by atoms with van der Waals surface area (Å²) in [6.45, 7) is 8.01. The highest BCUT2D eigenvalue weighted by Gasteiger charge is 2.18. The molecule has 0 aliphatic carbocycles. The first kappa shape index (κ1) is 16.5. The molecular weight excluding hydrogens is 358 g/mol. The smallest absolute Gasteiger partial charge is 0.150 e. The highest BCUT2D eigenvalue weighted by Crippen LogP contribution is 2.26. The molecule has 1 fully saturated rings. The third kappa shape index (κ3) is 4.34. The van der Waals surface area contributed by atoms with Gasteiger partial charge in [-0.1, -0.05) is 11.2 Å². The highest BCUT2D eigenvalue weighted by atomic mass is 79.9. The van der Waals surface area contributed by atoms with E-state index in [1.165, 1.54) is 5.56 Å². The van der Waals surface area contributed by atoms with Crippen LogP contribution in [-0.2, 0) is 13.1 Å². The molecule has 0 N–H and O–H groups in total. The number of aryl methyl sites for hydroxylation is 1. The number of methoxy groups -OCH3 is 1. The van der Waals surface area contributed by atoms with Gasteiger partial charge in [-0.3, -0.25) is 9.80 Å². The summed E-state index contributed by atoms with van der Waals surface area (Å²) in [5.41, 5.74) is 2.25. The van der Waals surface area contributed by atoms with Gasteiger partial charge >= 0.3 is 0 Å². The lowest BCUT2D eigenvalue weighted by molar-refractivity contribution is 0.113. The van der Waals surface area contributed by atoms with Gasteiger partial charge in [-0.05, 0) is 40.5 Å². The van der Waals surface area contributed by atoms with Crippen LogP contribution in [-0.4, -0.2) is 48.2 Å². The molecule has 0 radical (unpaired) electrons. The Morgan fingerprint density at radius 3 is 2.39 bits per heavy atom. The summed E-state index contributed by atoms with van der Waals surface area (Å²) in [5.74, 6) is 1.83. The van der Waals surface area contributed by atoms with Crippen molar-refractivity contribution < 1.29 is 9.26 Å². The second-order valence-corrected chi connectivity index (χ2v) is 6.81. The van der Waals surface area contributed by atoms with Gasteiger partial charge in [-0.15, -0.1) is 0 Å². The van der Waals surface area contributed by atoms with E-state index in [4.69, 9.17) is 9.26 Å². The van der Waals surface area contributed by atoms with Gasteiger partial charge in [0, 0.05) is 38.8 Å². The topological polar surface area (TPSA) is 41.7 Å². The maximum Gasteiger partial charge on any atom is 0.150 e. The van der Waals surface area contributed by atoms with Crippen LogP contribution in [0.3, 0.4) is 0 Å². The molecule has 2 heterocycles. The standard InChI is InChI=1S/C17H22BrN3O2/c1-13-9-15(23-19-13)12-21-7-5-20(6-8-21)11-14-3-4-17(22-2)16(18)10-14/h3-4,9-10H,5-8,11-12H2,1-2H3. The van der Waals surface area contributed by atoms with Crippen molar-refractivity contribution >= 4 is 15.9 Å². The molecule has 1 aliphatic heterocycles. The van der Waals surface area contributed by atoms with Gasteiger partial charge < -0.3 is 9.26 Å². The second kappa shape index (κ2) is 7.47. The number of nitrogens with zero attached hydrogens (tertiary/aromatic N) is 3. The Morgan fingerprint density at radius 1 is 1.13 bits per heavy atom. The molecule has 0 amide bonds. The molecule has 5 nitrogen and oxygen atoms in total. The molecule has 0 unspecified atom stereocenters. The SMILES string of the molecule is COc1ccc(CN2CCN(Cc3cc(C)no3)CC2)cc1Br. The number of hydrogen-bond acceptors (Lipinski definition) is 5. The molecule has 1 aliphatic rings. The average Bonchev–Trinajstić information content (AvgIpc) is 2.95. The number of rotatable bonds is 5. The Balaban J connectivity index is 1.50. The number of ether oxygens (including phenoxy) is 1. The van der Waals surface area contributed by atoms with Crippen LogP contribution in [0, 0.1) is 6.92 Å². The third-order valence-electron chi connectivity index (χ3n) is 4.14. The van der Waals surface area contributed by atoms with E-state index in [1.807, 2.05) is 19.1 Å². The van der Waals surface area contributed by atoms with E-state index in [9.17, 15) is 0 Å². The van der Waals surface area contributed by atoms with E-state index < -0.39 is 0 Å². The largest absolute Gasteiger partial charge is 0.496 e. The van der Waals surface area contributed by atoms with Gasteiger partial charge in [0.05, 0.1) is 23.8 Å². The molecular formula is C17H22BrN3O2. The maximum atomic E-state index is 5.30. The molecule has 1 aromatic carbocycles. The van der Waals surface area contributed by atoms with Crippen LogP contribution in [0.25, 0.3) is 0 Å². The van der Waals surface area contributed by atoms with E-state index in [0.29, 0.717) is 0 Å². The van der Waals surface area contributed by atoms with Crippen LogP contribution >= 0.6 is 15.9 Å². The fourth-order valence-electron chi connectivity index (χ4n) is 2.88. The van der Waals surface area contributed by atoms with E-state index in [1.54, 1.807) is 7.11 Å². The Kier molecular flexibility index (Phi) is 5.35. The molecule has 0 bridgehead atoms. The van der Waals surface area contributed by atoms with Crippen molar-refractivity contribution in [2.24, 2.45) is 0 Å². The lowest BCUT2D eigenvalue weighted by Crippen LogP contribution is -2.45. The van der Waals surface area contributed by atoms with Gasteiger partial charge in [0.2, 0.25) is 0 Å². The molecule has 6 heteroatoms. The minimum Gasteiger partial charge on any atom is -0.496 e. The van der Waals surface area contributed by atoms with Gasteiger partial charge in [-0.25, -0.2) is 0 Å². The van der Waals surface area contributed by atoms with Crippen LogP contribution in [0.2, 0.25) is 0 Å². The Hall–Kier alpha value is -1.37. The number of hydrogen-bond donors (Lipinski definition) is 0. The van der Waals surface area contributed by atoms with Gasteiger partial charge in [0.15, 0.2) is 5.76 Å². The van der Waals surface area contributed by atoms with Crippen LogP contribution in [0.5, 0.6) is 5.75 Å². The van der Waals surface area contributed by atoms with Gasteiger partial charge in [-0.2, -0.15) is 0 Å². The van der Waals surface area contributed by atoms with Gasteiger partial charge in [0.1, 0.15) is 5.75 Å². The maximum absolute atomic E-state index is 5.30. The minimum atomic E-state index is 0.850. The number of piperazine rings is 1. The Bertz CT molecular complexity index is 651. The normalized spacial score (nSPS) is 16.7. The molecule has 3 rings (SSSR count). The summed E-state index contributed by atoms with van der Waals surface area (Å²) < 4.78 is 11.6. The van der Waals surface area contributed by atoms with Crippen molar-refractivity contribution in [3.8, 4) is 5.75 Å². The first-order valence-electron chi connectivity index (χ1n) is 7.83. The summed E-state index contributed by atoms with van der Waals surface area (Å²) in [7, 11) is 1.69. The second-order valence-electron chi connectivity index (χ2n) is 5.96. The summed E-state index contributed by atoms with van der Waals surface area (Å²) in [6, 6.07) is 8.30. The molecule has 124 valence electrons. The summed E-state index contributed by atoms with van der Waals surface area (Å²) in [6.07, 6.45) is 0. The van der Waals surface area contributed by atoms with Crippen molar-refractivity contribution in [2.75, 3.05) is 33.3 Å². The fraction of sp³-hybridized carbons (Fsp3) is 0.471. The zero-order chi connectivity index (χ0) is 16.2. The molecule has 0 atom stereocenters. The monoisotopic (exact) mass is 379 g/mol. The lowest BCUT2D eigenvalue weighted by atomic mass is 10.2. The van der Waals surface area contributed by atoms with Gasteiger partial charge in [0.25, 0.3) is 0 Å². The van der Waals surface area contributed by atoms with Crippen molar-refractivity contribution in [3.05, 3.63) is 45.8 Å². The van der Waals surface area contributed by atoms with Crippen molar-refractivity contribution in [3.63, 3.8) is 0 Å².